The SMILES string of the molecule is O=C(O)COc1cccc(/C=C2/SC(=O)N(c3ccccc3Cl)C2=O)c1. The van der Waals surface area contributed by atoms with Gasteiger partial charge < -0.3 is 9.84 Å². The molecular weight excluding hydrogens is 378 g/mol. The van der Waals surface area contributed by atoms with Crippen LogP contribution in [0.2, 0.25) is 5.02 Å². The molecule has 0 radical (unpaired) electrons. The van der Waals surface area contributed by atoms with Crippen LogP contribution >= 0.6 is 23.4 Å². The molecule has 2 aromatic carbocycles. The first-order valence-corrected chi connectivity index (χ1v) is 8.62. The first-order valence-electron chi connectivity index (χ1n) is 7.43. The number of anilines is 1. The number of para-hydroxylation sites is 1. The lowest BCUT2D eigenvalue weighted by molar-refractivity contribution is -0.139. The lowest BCUT2D eigenvalue weighted by atomic mass is 10.2. The second-order valence-corrected chi connectivity index (χ2v) is 6.62. The van der Waals surface area contributed by atoms with Crippen LogP contribution in [0.15, 0.2) is 53.4 Å². The van der Waals surface area contributed by atoms with Gasteiger partial charge in [-0.3, -0.25) is 9.59 Å². The zero-order chi connectivity index (χ0) is 18.7. The number of hydrogen-bond donors (Lipinski definition) is 1. The van der Waals surface area contributed by atoms with Crippen LogP contribution in [0.25, 0.3) is 6.08 Å². The van der Waals surface area contributed by atoms with Gasteiger partial charge in [-0.25, -0.2) is 9.69 Å². The van der Waals surface area contributed by atoms with E-state index in [-0.39, 0.29) is 4.91 Å². The van der Waals surface area contributed by atoms with Crippen LogP contribution in [0.1, 0.15) is 5.56 Å². The van der Waals surface area contributed by atoms with E-state index in [9.17, 15) is 14.4 Å². The summed E-state index contributed by atoms with van der Waals surface area (Å²) >= 11 is 6.89. The van der Waals surface area contributed by atoms with Crippen LogP contribution in [0.3, 0.4) is 0 Å². The molecule has 0 bridgehead atoms. The molecule has 1 aliphatic heterocycles. The fourth-order valence-corrected chi connectivity index (χ4v) is 3.35. The molecule has 1 heterocycles. The summed E-state index contributed by atoms with van der Waals surface area (Å²) in [6.45, 7) is -0.466. The Bertz CT molecular complexity index is 927. The molecular formula is C18H12ClNO5S. The second-order valence-electron chi connectivity index (χ2n) is 5.22. The van der Waals surface area contributed by atoms with Gasteiger partial charge in [0.2, 0.25) is 0 Å². The Hall–Kier alpha value is -2.77. The minimum Gasteiger partial charge on any atom is -0.482 e. The van der Waals surface area contributed by atoms with Crippen molar-refractivity contribution >= 4 is 52.2 Å². The predicted molar refractivity (Wildman–Crippen MR) is 99.5 cm³/mol. The summed E-state index contributed by atoms with van der Waals surface area (Å²) in [4.78, 5) is 36.7. The highest BCUT2D eigenvalue weighted by molar-refractivity contribution is 8.19. The Balaban J connectivity index is 1.85. The number of carboxylic acid groups (broad SMARTS) is 1. The Morgan fingerprint density at radius 2 is 1.96 bits per heavy atom. The average Bonchev–Trinajstić information content (AvgIpc) is 2.88. The van der Waals surface area contributed by atoms with Crippen LogP contribution in [0.4, 0.5) is 10.5 Å². The quantitative estimate of drug-likeness (QED) is 0.777. The summed E-state index contributed by atoms with van der Waals surface area (Å²) in [5.41, 5.74) is 0.941. The van der Waals surface area contributed by atoms with Gasteiger partial charge in [0.15, 0.2) is 6.61 Å². The lowest BCUT2D eigenvalue weighted by Gasteiger charge is -2.13. The molecule has 1 saturated heterocycles. The van der Waals surface area contributed by atoms with Gasteiger partial charge in [-0.1, -0.05) is 35.9 Å². The number of amides is 2. The number of benzene rings is 2. The number of carbonyl (C=O) groups excluding carboxylic acids is 2. The van der Waals surface area contributed by atoms with Crippen molar-refractivity contribution in [3.63, 3.8) is 0 Å². The number of hydrogen-bond acceptors (Lipinski definition) is 5. The maximum atomic E-state index is 12.6. The summed E-state index contributed by atoms with van der Waals surface area (Å²) in [5, 5.41) is 8.53. The average molecular weight is 390 g/mol. The molecule has 3 rings (SSSR count). The minimum absolute atomic E-state index is 0.241. The van der Waals surface area contributed by atoms with E-state index in [1.54, 1.807) is 54.6 Å². The van der Waals surface area contributed by atoms with Crippen molar-refractivity contribution in [2.45, 2.75) is 0 Å². The number of halogens is 1. The molecule has 0 spiro atoms. The monoisotopic (exact) mass is 389 g/mol. The van der Waals surface area contributed by atoms with E-state index in [0.717, 1.165) is 16.7 Å². The minimum atomic E-state index is -1.09. The van der Waals surface area contributed by atoms with Gasteiger partial charge in [0.1, 0.15) is 5.75 Å². The topological polar surface area (TPSA) is 83.9 Å². The van der Waals surface area contributed by atoms with Crippen molar-refractivity contribution in [1.29, 1.82) is 0 Å². The fourth-order valence-electron chi connectivity index (χ4n) is 2.30. The first kappa shape index (κ1) is 18.0. The Morgan fingerprint density at radius 1 is 1.19 bits per heavy atom. The van der Waals surface area contributed by atoms with Crippen molar-refractivity contribution in [3.8, 4) is 5.75 Å². The van der Waals surface area contributed by atoms with Crippen molar-refractivity contribution < 1.29 is 24.2 Å². The molecule has 6 nitrogen and oxygen atoms in total. The number of nitrogens with zero attached hydrogens (tertiary/aromatic N) is 1. The van der Waals surface area contributed by atoms with Gasteiger partial charge in [0.05, 0.1) is 15.6 Å². The Morgan fingerprint density at radius 3 is 2.69 bits per heavy atom. The van der Waals surface area contributed by atoms with Gasteiger partial charge in [0, 0.05) is 0 Å². The molecule has 0 unspecified atom stereocenters. The summed E-state index contributed by atoms with van der Waals surface area (Å²) in [7, 11) is 0. The Labute approximate surface area is 158 Å². The second kappa shape index (κ2) is 7.63. The number of carboxylic acids is 1. The van der Waals surface area contributed by atoms with Gasteiger partial charge in [-0.2, -0.15) is 0 Å². The normalized spacial score (nSPS) is 15.6. The molecule has 0 atom stereocenters. The number of imide groups is 1. The largest absolute Gasteiger partial charge is 0.482 e. The number of carbonyl (C=O) groups is 3. The van der Waals surface area contributed by atoms with Crippen molar-refractivity contribution in [1.82, 2.24) is 0 Å². The van der Waals surface area contributed by atoms with E-state index < -0.39 is 23.7 Å². The molecule has 2 aromatic rings. The molecule has 1 fully saturated rings. The van der Waals surface area contributed by atoms with Crippen LogP contribution in [0, 0.1) is 0 Å². The van der Waals surface area contributed by atoms with Crippen LogP contribution in [-0.2, 0) is 9.59 Å². The molecule has 2 amide bonds. The van der Waals surface area contributed by atoms with E-state index in [0.29, 0.717) is 22.0 Å². The van der Waals surface area contributed by atoms with E-state index in [2.05, 4.69) is 0 Å². The highest BCUT2D eigenvalue weighted by atomic mass is 35.5. The fraction of sp³-hybridized carbons (Fsp3) is 0.0556. The zero-order valence-electron chi connectivity index (χ0n) is 13.2. The molecule has 26 heavy (non-hydrogen) atoms. The third-order valence-electron chi connectivity index (χ3n) is 3.41. The van der Waals surface area contributed by atoms with Gasteiger partial charge >= 0.3 is 5.97 Å². The number of thioether (sulfide) groups is 1. The van der Waals surface area contributed by atoms with Gasteiger partial charge in [0.25, 0.3) is 11.1 Å². The van der Waals surface area contributed by atoms with Gasteiger partial charge in [-0.15, -0.1) is 0 Å². The number of ether oxygens (including phenoxy) is 1. The van der Waals surface area contributed by atoms with E-state index >= 15 is 0 Å². The number of aliphatic carboxylic acids is 1. The van der Waals surface area contributed by atoms with Crippen LogP contribution in [-0.4, -0.2) is 28.8 Å². The number of rotatable bonds is 5. The summed E-state index contributed by atoms with van der Waals surface area (Å²) in [5.74, 6) is -1.20. The molecule has 0 aliphatic carbocycles. The lowest BCUT2D eigenvalue weighted by Crippen LogP contribution is -2.27. The molecule has 1 aliphatic rings. The highest BCUT2D eigenvalue weighted by Crippen LogP contribution is 2.38. The predicted octanol–water partition coefficient (Wildman–Crippen LogP) is 4.04. The summed E-state index contributed by atoms with van der Waals surface area (Å²) in [6, 6.07) is 13.2. The first-order chi connectivity index (χ1) is 12.5. The smallest absolute Gasteiger partial charge is 0.341 e. The van der Waals surface area contributed by atoms with Gasteiger partial charge in [-0.05, 0) is 47.7 Å². The van der Waals surface area contributed by atoms with Crippen molar-refractivity contribution in [2.24, 2.45) is 0 Å². The molecule has 132 valence electrons. The van der Waals surface area contributed by atoms with Crippen LogP contribution < -0.4 is 9.64 Å². The van der Waals surface area contributed by atoms with Crippen LogP contribution in [0.5, 0.6) is 5.75 Å². The molecule has 0 aromatic heterocycles. The molecule has 0 saturated carbocycles. The van der Waals surface area contributed by atoms with Crippen molar-refractivity contribution in [2.75, 3.05) is 11.5 Å². The third kappa shape index (κ3) is 3.89. The highest BCUT2D eigenvalue weighted by Gasteiger charge is 2.37. The summed E-state index contributed by atoms with van der Waals surface area (Å²) in [6.07, 6.45) is 1.55. The maximum Gasteiger partial charge on any atom is 0.341 e. The van der Waals surface area contributed by atoms with E-state index in [1.165, 1.54) is 0 Å². The zero-order valence-corrected chi connectivity index (χ0v) is 14.8. The van der Waals surface area contributed by atoms with E-state index in [4.69, 9.17) is 21.4 Å². The molecule has 8 heteroatoms. The molecule has 1 N–H and O–H groups in total. The Kier molecular flexibility index (Phi) is 5.29. The standard InChI is InChI=1S/C18H12ClNO5S/c19-13-6-1-2-7-14(13)20-17(23)15(26-18(20)24)9-11-4-3-5-12(8-11)25-10-16(21)22/h1-9H,10H2,(H,21,22)/b15-9+. The van der Waals surface area contributed by atoms with Crippen molar-refractivity contribution in [3.05, 3.63) is 64.0 Å². The maximum absolute atomic E-state index is 12.6. The third-order valence-corrected chi connectivity index (χ3v) is 4.59. The van der Waals surface area contributed by atoms with E-state index in [1.807, 2.05) is 0 Å². The summed E-state index contributed by atoms with van der Waals surface area (Å²) < 4.78 is 5.11.